The number of piperidine rings is 1. The zero-order valence-electron chi connectivity index (χ0n) is 16.6. The smallest absolute Gasteiger partial charge is 0.238 e. The van der Waals surface area contributed by atoms with Crippen molar-refractivity contribution in [3.8, 4) is 5.75 Å². The van der Waals surface area contributed by atoms with Crippen molar-refractivity contribution in [1.29, 1.82) is 0 Å². The summed E-state index contributed by atoms with van der Waals surface area (Å²) >= 11 is 0. The Labute approximate surface area is 171 Å². The fourth-order valence-corrected chi connectivity index (χ4v) is 3.57. The van der Waals surface area contributed by atoms with E-state index in [9.17, 15) is 20.1 Å². The number of nitrogens with one attached hydrogen (secondary N) is 2. The van der Waals surface area contributed by atoms with E-state index in [1.807, 2.05) is 0 Å². The van der Waals surface area contributed by atoms with Crippen LogP contribution in [0.4, 0.5) is 11.4 Å². The first-order chi connectivity index (χ1) is 14.0. The van der Waals surface area contributed by atoms with Gasteiger partial charge in [-0.1, -0.05) is 24.3 Å². The number of nitrogens with zero attached hydrogens (tertiary/aromatic N) is 1. The van der Waals surface area contributed by atoms with Gasteiger partial charge in [-0.05, 0) is 43.5 Å². The summed E-state index contributed by atoms with van der Waals surface area (Å²) in [5, 5.41) is 35.3. The second kappa shape index (κ2) is 9.73. The Hall–Kier alpha value is -2.61. The van der Waals surface area contributed by atoms with E-state index >= 15 is 0 Å². The second-order valence-corrected chi connectivity index (χ2v) is 7.51. The third kappa shape index (κ3) is 5.69. The van der Waals surface area contributed by atoms with Crippen LogP contribution >= 0.6 is 0 Å². The molecule has 1 aliphatic rings. The Bertz CT molecular complexity index is 815. The van der Waals surface area contributed by atoms with E-state index < -0.39 is 6.10 Å². The van der Waals surface area contributed by atoms with Gasteiger partial charge in [-0.25, -0.2) is 0 Å². The average molecular weight is 399 g/mol. The van der Waals surface area contributed by atoms with Crippen LogP contribution in [-0.2, 0) is 11.4 Å². The largest absolute Gasteiger partial charge is 0.506 e. The molecule has 3 rings (SSSR count). The fourth-order valence-electron chi connectivity index (χ4n) is 3.57. The van der Waals surface area contributed by atoms with Crippen LogP contribution in [0.25, 0.3) is 0 Å². The molecule has 2 aromatic rings. The average Bonchev–Trinajstić information content (AvgIpc) is 2.71. The zero-order valence-corrected chi connectivity index (χ0v) is 16.6. The predicted molar refractivity (Wildman–Crippen MR) is 113 cm³/mol. The van der Waals surface area contributed by atoms with Crippen molar-refractivity contribution in [2.75, 3.05) is 30.3 Å². The molecule has 5 N–H and O–H groups in total. The van der Waals surface area contributed by atoms with E-state index in [-0.39, 0.29) is 24.3 Å². The Kier molecular flexibility index (Phi) is 7.09. The number of carbonyl (C=O) groups is 1. The minimum atomic E-state index is -0.527. The van der Waals surface area contributed by atoms with E-state index in [0.29, 0.717) is 23.5 Å². The maximum atomic E-state index is 12.3. The first-order valence-corrected chi connectivity index (χ1v) is 9.94. The first kappa shape index (κ1) is 21.1. The van der Waals surface area contributed by atoms with Crippen molar-refractivity contribution in [2.45, 2.75) is 38.5 Å². The zero-order chi connectivity index (χ0) is 20.8. The number of amides is 1. The highest BCUT2D eigenvalue weighted by atomic mass is 16.3. The van der Waals surface area contributed by atoms with Gasteiger partial charge in [0.25, 0.3) is 0 Å². The summed E-state index contributed by atoms with van der Waals surface area (Å²) < 4.78 is 0. The Balaban J connectivity index is 1.46. The molecule has 0 aliphatic carbocycles. The van der Waals surface area contributed by atoms with Crippen LogP contribution in [-0.4, -0.2) is 51.8 Å². The molecule has 7 nitrogen and oxygen atoms in total. The van der Waals surface area contributed by atoms with Crippen LogP contribution < -0.4 is 10.6 Å². The quantitative estimate of drug-likeness (QED) is 0.458. The minimum Gasteiger partial charge on any atom is -0.506 e. The van der Waals surface area contributed by atoms with E-state index in [0.717, 1.165) is 31.5 Å². The standard InChI is InChI=1S/C22H29N3O4/c1-15(27)16-5-7-18(8-6-16)23-21(29)13-25-11-9-19(10-12-25)24-22-17(14-26)3-2-4-20(22)28/h2-8,15,19,24,26-28H,9-14H2,1H3,(H,23,29). The normalized spacial score (nSPS) is 16.4. The number of anilines is 2. The number of aliphatic hydroxyl groups excluding tert-OH is 2. The molecule has 29 heavy (non-hydrogen) atoms. The summed E-state index contributed by atoms with van der Waals surface area (Å²) in [5.41, 5.74) is 2.79. The van der Waals surface area contributed by atoms with Crippen molar-refractivity contribution < 1.29 is 20.1 Å². The Morgan fingerprint density at radius 1 is 1.17 bits per heavy atom. The molecular formula is C22H29N3O4. The molecule has 0 bridgehead atoms. The molecule has 0 aromatic heterocycles. The Morgan fingerprint density at radius 2 is 1.86 bits per heavy atom. The van der Waals surface area contributed by atoms with Gasteiger partial charge in [-0.15, -0.1) is 0 Å². The van der Waals surface area contributed by atoms with E-state index in [1.165, 1.54) is 0 Å². The van der Waals surface area contributed by atoms with Crippen molar-refractivity contribution in [3.05, 3.63) is 53.6 Å². The number of hydrogen-bond acceptors (Lipinski definition) is 6. The van der Waals surface area contributed by atoms with Gasteiger partial charge in [-0.2, -0.15) is 0 Å². The third-order valence-corrected chi connectivity index (χ3v) is 5.28. The minimum absolute atomic E-state index is 0.0653. The van der Waals surface area contributed by atoms with Gasteiger partial charge in [0.1, 0.15) is 5.75 Å². The molecule has 1 atom stereocenters. The van der Waals surface area contributed by atoms with Crippen LogP contribution in [0.15, 0.2) is 42.5 Å². The molecule has 1 unspecified atom stereocenters. The van der Waals surface area contributed by atoms with Gasteiger partial charge in [0.05, 0.1) is 24.9 Å². The van der Waals surface area contributed by atoms with Crippen LogP contribution in [0, 0.1) is 0 Å². The van der Waals surface area contributed by atoms with Crippen LogP contribution in [0.3, 0.4) is 0 Å². The monoisotopic (exact) mass is 399 g/mol. The summed E-state index contributed by atoms with van der Waals surface area (Å²) in [5.74, 6) is 0.0736. The fraction of sp³-hybridized carbons (Fsp3) is 0.409. The number of hydrogen-bond donors (Lipinski definition) is 5. The van der Waals surface area contributed by atoms with Crippen molar-refractivity contribution in [1.82, 2.24) is 4.90 Å². The lowest BCUT2D eigenvalue weighted by atomic mass is 10.0. The maximum Gasteiger partial charge on any atom is 0.238 e. The van der Waals surface area contributed by atoms with Gasteiger partial charge in [-0.3, -0.25) is 9.69 Å². The van der Waals surface area contributed by atoms with Crippen LogP contribution in [0.1, 0.15) is 37.0 Å². The first-order valence-electron chi connectivity index (χ1n) is 9.94. The maximum absolute atomic E-state index is 12.3. The molecule has 2 aromatic carbocycles. The third-order valence-electron chi connectivity index (χ3n) is 5.28. The number of rotatable bonds is 7. The van der Waals surface area contributed by atoms with E-state index in [1.54, 1.807) is 49.4 Å². The molecule has 1 heterocycles. The molecule has 1 saturated heterocycles. The van der Waals surface area contributed by atoms with Gasteiger partial charge in [0, 0.05) is 30.4 Å². The van der Waals surface area contributed by atoms with Crippen LogP contribution in [0.2, 0.25) is 0 Å². The molecule has 0 saturated carbocycles. The van der Waals surface area contributed by atoms with Gasteiger partial charge in [0.15, 0.2) is 0 Å². The van der Waals surface area contributed by atoms with Crippen molar-refractivity contribution >= 4 is 17.3 Å². The molecule has 1 aliphatic heterocycles. The summed E-state index contributed by atoms with van der Waals surface area (Å²) in [6.45, 7) is 3.44. The number of phenolic OH excluding ortho intramolecular Hbond substituents is 1. The van der Waals surface area contributed by atoms with Gasteiger partial charge in [0.2, 0.25) is 5.91 Å². The second-order valence-electron chi connectivity index (χ2n) is 7.51. The van der Waals surface area contributed by atoms with Crippen molar-refractivity contribution in [3.63, 3.8) is 0 Å². The molecule has 0 radical (unpaired) electrons. The number of likely N-dealkylation sites (tertiary alicyclic amines) is 1. The molecule has 7 heteroatoms. The number of phenols is 1. The molecule has 1 amide bonds. The highest BCUT2D eigenvalue weighted by molar-refractivity contribution is 5.92. The number of para-hydroxylation sites is 1. The summed E-state index contributed by atoms with van der Waals surface area (Å²) in [6, 6.07) is 12.5. The highest BCUT2D eigenvalue weighted by Crippen LogP contribution is 2.29. The summed E-state index contributed by atoms with van der Waals surface area (Å²) in [4.78, 5) is 14.4. The lowest BCUT2D eigenvalue weighted by molar-refractivity contribution is -0.117. The summed E-state index contributed by atoms with van der Waals surface area (Å²) in [6.07, 6.45) is 1.16. The predicted octanol–water partition coefficient (Wildman–Crippen LogP) is 2.45. The van der Waals surface area contributed by atoms with E-state index in [4.69, 9.17) is 0 Å². The van der Waals surface area contributed by atoms with Gasteiger partial charge >= 0.3 is 0 Å². The van der Waals surface area contributed by atoms with Crippen LogP contribution in [0.5, 0.6) is 5.75 Å². The molecule has 1 fully saturated rings. The lowest BCUT2D eigenvalue weighted by Gasteiger charge is -2.32. The topological polar surface area (TPSA) is 105 Å². The number of carbonyl (C=O) groups excluding carboxylic acids is 1. The van der Waals surface area contributed by atoms with E-state index in [2.05, 4.69) is 15.5 Å². The number of benzene rings is 2. The Morgan fingerprint density at radius 3 is 2.48 bits per heavy atom. The molecule has 156 valence electrons. The number of aromatic hydroxyl groups is 1. The number of aliphatic hydroxyl groups is 2. The highest BCUT2D eigenvalue weighted by Gasteiger charge is 2.22. The summed E-state index contributed by atoms with van der Waals surface area (Å²) in [7, 11) is 0. The SMILES string of the molecule is CC(O)c1ccc(NC(=O)CN2CCC(Nc3c(O)cccc3CO)CC2)cc1. The molecular weight excluding hydrogens is 370 g/mol. The van der Waals surface area contributed by atoms with Gasteiger partial charge < -0.3 is 26.0 Å². The lowest BCUT2D eigenvalue weighted by Crippen LogP contribution is -2.42. The molecule has 0 spiro atoms. The van der Waals surface area contributed by atoms with Crippen molar-refractivity contribution in [2.24, 2.45) is 0 Å².